The molecule has 1 fully saturated rings. The molecule has 2 aromatic carbocycles. The van der Waals surface area contributed by atoms with Crippen molar-refractivity contribution in [2.45, 2.75) is 52.2 Å². The van der Waals surface area contributed by atoms with Crippen molar-refractivity contribution in [2.24, 2.45) is 5.92 Å². The fourth-order valence-electron chi connectivity index (χ4n) is 4.44. The van der Waals surface area contributed by atoms with E-state index in [0.29, 0.717) is 6.54 Å². The molecule has 0 N–H and O–H groups in total. The predicted octanol–water partition coefficient (Wildman–Crippen LogP) is 4.94. The van der Waals surface area contributed by atoms with Gasteiger partial charge in [-0.1, -0.05) is 36.4 Å². The molecule has 6 heteroatoms. The third kappa shape index (κ3) is 5.06. The molecule has 0 atom stereocenters. The van der Waals surface area contributed by atoms with Crippen molar-refractivity contribution in [2.75, 3.05) is 29.4 Å². The number of hydrogen-bond donors (Lipinski definition) is 0. The van der Waals surface area contributed by atoms with Crippen LogP contribution in [0.5, 0.6) is 0 Å². The summed E-state index contributed by atoms with van der Waals surface area (Å²) in [5, 5.41) is 0. The number of ether oxygens (including phenoxy) is 2. The highest BCUT2D eigenvalue weighted by Crippen LogP contribution is 2.37. The van der Waals surface area contributed by atoms with Crippen LogP contribution in [0.25, 0.3) is 0 Å². The highest BCUT2D eigenvalue weighted by Gasteiger charge is 2.32. The van der Waals surface area contributed by atoms with Gasteiger partial charge in [-0.3, -0.25) is 9.69 Å². The maximum absolute atomic E-state index is 12.7. The Morgan fingerprint density at radius 3 is 2.31 bits per heavy atom. The summed E-state index contributed by atoms with van der Waals surface area (Å²) in [5.41, 5.74) is 3.78. The van der Waals surface area contributed by atoms with Gasteiger partial charge in [0.25, 0.3) is 0 Å². The van der Waals surface area contributed by atoms with Gasteiger partial charge in [0.1, 0.15) is 12.2 Å². The zero-order chi connectivity index (χ0) is 22.7. The highest BCUT2D eigenvalue weighted by atomic mass is 16.6. The Balaban J connectivity index is 1.39. The van der Waals surface area contributed by atoms with Gasteiger partial charge in [-0.15, -0.1) is 0 Å². The normalized spacial score (nSPS) is 16.6. The van der Waals surface area contributed by atoms with Crippen LogP contribution in [0.15, 0.2) is 48.5 Å². The van der Waals surface area contributed by atoms with Crippen LogP contribution in [-0.2, 0) is 27.3 Å². The standard InChI is InChI=1S/C26H32N2O4/c1-26(2,3)32-24(29)20-12-15-27(16-13-20)22-10-7-11-23-21(22)14-17-28(23)25(30)31-18-19-8-5-4-6-9-19/h4-11,20H,12-18H2,1-3H3. The van der Waals surface area contributed by atoms with Crippen LogP contribution in [0, 0.1) is 5.92 Å². The van der Waals surface area contributed by atoms with Gasteiger partial charge in [-0.05, 0) is 57.7 Å². The van der Waals surface area contributed by atoms with E-state index in [0.717, 1.165) is 49.3 Å². The van der Waals surface area contributed by atoms with Crippen molar-refractivity contribution in [1.82, 2.24) is 0 Å². The van der Waals surface area contributed by atoms with Crippen LogP contribution in [0.4, 0.5) is 16.2 Å². The number of carbonyl (C=O) groups excluding carboxylic acids is 2. The van der Waals surface area contributed by atoms with Crippen LogP contribution in [0.1, 0.15) is 44.7 Å². The lowest BCUT2D eigenvalue weighted by Crippen LogP contribution is -2.39. The molecule has 4 rings (SSSR count). The first-order valence-electron chi connectivity index (χ1n) is 11.4. The SMILES string of the molecule is CC(C)(C)OC(=O)C1CCN(c2cccc3c2CCN3C(=O)OCc2ccccc2)CC1. The number of nitrogens with zero attached hydrogens (tertiary/aromatic N) is 2. The minimum Gasteiger partial charge on any atom is -0.460 e. The fourth-order valence-corrected chi connectivity index (χ4v) is 4.44. The van der Waals surface area contributed by atoms with Crippen LogP contribution < -0.4 is 9.80 Å². The summed E-state index contributed by atoms with van der Waals surface area (Å²) in [5.74, 6) is -0.144. The summed E-state index contributed by atoms with van der Waals surface area (Å²) < 4.78 is 11.1. The number of carbonyl (C=O) groups is 2. The van der Waals surface area contributed by atoms with Gasteiger partial charge in [0, 0.05) is 30.9 Å². The van der Waals surface area contributed by atoms with Crippen LogP contribution >= 0.6 is 0 Å². The second-order valence-electron chi connectivity index (χ2n) is 9.51. The van der Waals surface area contributed by atoms with E-state index in [1.807, 2.05) is 63.2 Å². The Kier molecular flexibility index (Phi) is 6.40. The van der Waals surface area contributed by atoms with E-state index >= 15 is 0 Å². The zero-order valence-corrected chi connectivity index (χ0v) is 19.2. The Morgan fingerprint density at radius 2 is 1.62 bits per heavy atom. The Hall–Kier alpha value is -3.02. The summed E-state index contributed by atoms with van der Waals surface area (Å²) in [6.07, 6.45) is 2.05. The minimum absolute atomic E-state index is 0.0494. The monoisotopic (exact) mass is 436 g/mol. The second kappa shape index (κ2) is 9.23. The number of fused-ring (bicyclic) bond motifs is 1. The summed E-state index contributed by atoms with van der Waals surface area (Å²) in [4.78, 5) is 29.2. The van der Waals surface area contributed by atoms with Gasteiger partial charge in [0.05, 0.1) is 11.6 Å². The molecule has 0 spiro atoms. The number of anilines is 2. The summed E-state index contributed by atoms with van der Waals surface area (Å²) in [6, 6.07) is 15.8. The van der Waals surface area contributed by atoms with Gasteiger partial charge in [-0.25, -0.2) is 4.79 Å². The predicted molar refractivity (Wildman–Crippen MR) is 125 cm³/mol. The molecule has 2 aromatic rings. The number of benzene rings is 2. The smallest absolute Gasteiger partial charge is 0.414 e. The Bertz CT molecular complexity index is 960. The van der Waals surface area contributed by atoms with Crippen LogP contribution in [0.3, 0.4) is 0 Å². The topological polar surface area (TPSA) is 59.1 Å². The van der Waals surface area contributed by atoms with E-state index in [1.165, 1.54) is 5.56 Å². The molecule has 2 heterocycles. The van der Waals surface area contributed by atoms with E-state index in [1.54, 1.807) is 4.90 Å². The second-order valence-corrected chi connectivity index (χ2v) is 9.51. The lowest BCUT2D eigenvalue weighted by Gasteiger charge is -2.35. The van der Waals surface area contributed by atoms with E-state index in [2.05, 4.69) is 11.0 Å². The molecule has 170 valence electrons. The van der Waals surface area contributed by atoms with Crippen molar-refractivity contribution >= 4 is 23.4 Å². The number of rotatable bonds is 4. The maximum atomic E-state index is 12.7. The third-order valence-electron chi connectivity index (χ3n) is 6.00. The van der Waals surface area contributed by atoms with E-state index in [-0.39, 0.29) is 24.6 Å². The van der Waals surface area contributed by atoms with Crippen molar-refractivity contribution in [3.63, 3.8) is 0 Å². The number of piperidine rings is 1. The molecule has 0 unspecified atom stereocenters. The molecule has 6 nitrogen and oxygen atoms in total. The molecular weight excluding hydrogens is 404 g/mol. The molecule has 2 aliphatic heterocycles. The number of hydrogen-bond acceptors (Lipinski definition) is 5. The lowest BCUT2D eigenvalue weighted by atomic mass is 9.95. The Labute approximate surface area is 190 Å². The number of amides is 1. The van der Waals surface area contributed by atoms with Crippen molar-refractivity contribution in [1.29, 1.82) is 0 Å². The molecule has 0 bridgehead atoms. The van der Waals surface area contributed by atoms with Gasteiger partial charge in [0.2, 0.25) is 0 Å². The molecule has 1 amide bonds. The van der Waals surface area contributed by atoms with Crippen molar-refractivity contribution in [3.05, 3.63) is 59.7 Å². The highest BCUT2D eigenvalue weighted by molar-refractivity contribution is 5.92. The third-order valence-corrected chi connectivity index (χ3v) is 6.00. The maximum Gasteiger partial charge on any atom is 0.414 e. The average molecular weight is 437 g/mol. The molecule has 32 heavy (non-hydrogen) atoms. The van der Waals surface area contributed by atoms with Gasteiger partial charge in [0.15, 0.2) is 0 Å². The fraction of sp³-hybridized carbons (Fsp3) is 0.462. The Morgan fingerprint density at radius 1 is 0.938 bits per heavy atom. The first-order valence-corrected chi connectivity index (χ1v) is 11.4. The largest absolute Gasteiger partial charge is 0.460 e. The quantitative estimate of drug-likeness (QED) is 0.635. The zero-order valence-electron chi connectivity index (χ0n) is 19.2. The van der Waals surface area contributed by atoms with Crippen LogP contribution in [-0.4, -0.2) is 37.3 Å². The first kappa shape index (κ1) is 22.2. The molecular formula is C26H32N2O4. The van der Waals surface area contributed by atoms with Gasteiger partial charge < -0.3 is 14.4 Å². The molecule has 1 saturated heterocycles. The molecule has 2 aliphatic rings. The van der Waals surface area contributed by atoms with Gasteiger partial charge >= 0.3 is 12.1 Å². The minimum atomic E-state index is -0.451. The van der Waals surface area contributed by atoms with Gasteiger partial charge in [-0.2, -0.15) is 0 Å². The summed E-state index contributed by atoms with van der Waals surface area (Å²) in [6.45, 7) is 8.22. The van der Waals surface area contributed by atoms with Crippen molar-refractivity contribution in [3.8, 4) is 0 Å². The van der Waals surface area contributed by atoms with E-state index < -0.39 is 5.60 Å². The van der Waals surface area contributed by atoms with Crippen LogP contribution in [0.2, 0.25) is 0 Å². The molecule has 0 aromatic heterocycles. The summed E-state index contributed by atoms with van der Waals surface area (Å²) >= 11 is 0. The molecule has 0 saturated carbocycles. The average Bonchev–Trinajstić information content (AvgIpc) is 3.21. The first-order chi connectivity index (χ1) is 15.3. The van der Waals surface area contributed by atoms with E-state index in [9.17, 15) is 9.59 Å². The molecule has 0 radical (unpaired) electrons. The van der Waals surface area contributed by atoms with Crippen molar-refractivity contribution < 1.29 is 19.1 Å². The van der Waals surface area contributed by atoms with E-state index in [4.69, 9.17) is 9.47 Å². The number of esters is 1. The summed E-state index contributed by atoms with van der Waals surface area (Å²) in [7, 11) is 0. The molecule has 0 aliphatic carbocycles. The lowest BCUT2D eigenvalue weighted by molar-refractivity contribution is -0.160.